The minimum atomic E-state index is 0.252. The Morgan fingerprint density at radius 1 is 1.70 bits per heavy atom. The van der Waals surface area contributed by atoms with Gasteiger partial charge in [0.2, 0.25) is 0 Å². The van der Waals surface area contributed by atoms with Crippen molar-refractivity contribution in [3.8, 4) is 0 Å². The van der Waals surface area contributed by atoms with Crippen LogP contribution in [0, 0.1) is 0 Å². The van der Waals surface area contributed by atoms with Gasteiger partial charge in [-0.1, -0.05) is 12.7 Å². The van der Waals surface area contributed by atoms with Crippen LogP contribution in [-0.4, -0.2) is 11.7 Å². The summed E-state index contributed by atoms with van der Waals surface area (Å²) in [5, 5.41) is 8.50. The van der Waals surface area contributed by atoms with E-state index in [1.54, 1.807) is 0 Å². The second-order valence-corrected chi connectivity index (χ2v) is 2.04. The van der Waals surface area contributed by atoms with Crippen LogP contribution in [0.2, 0.25) is 0 Å². The minimum Gasteiger partial charge on any atom is -0.396 e. The van der Waals surface area contributed by atoms with E-state index in [2.05, 4.69) is 12.3 Å². The molecule has 0 aromatic carbocycles. The van der Waals surface area contributed by atoms with Crippen molar-refractivity contribution in [1.82, 2.24) is 0 Å². The Kier molecular flexibility index (Phi) is 5.85. The summed E-state index contributed by atoms with van der Waals surface area (Å²) in [6.45, 7) is 5.70. The first-order valence-electron chi connectivity index (χ1n) is 3.47. The van der Waals surface area contributed by atoms with Gasteiger partial charge in [-0.15, -0.1) is 5.73 Å². The molecule has 0 rings (SSSR count). The van der Waals surface area contributed by atoms with Crippen LogP contribution in [0.25, 0.3) is 0 Å². The first-order valence-corrected chi connectivity index (χ1v) is 3.47. The predicted octanol–water partition coefficient (Wildman–Crippen LogP) is 2.05. The summed E-state index contributed by atoms with van der Waals surface area (Å²) in [5.74, 6) is 0. The van der Waals surface area contributed by atoms with Crippen LogP contribution >= 0.6 is 0 Å². The second kappa shape index (κ2) is 6.34. The zero-order valence-corrected chi connectivity index (χ0v) is 6.43. The third-order valence-electron chi connectivity index (χ3n) is 1.28. The van der Waals surface area contributed by atoms with E-state index >= 15 is 0 Å². The number of hydrogen-bond acceptors (Lipinski definition) is 1. The van der Waals surface area contributed by atoms with E-state index in [0.29, 0.717) is 0 Å². The van der Waals surface area contributed by atoms with Crippen molar-refractivity contribution in [3.63, 3.8) is 0 Å². The zero-order valence-electron chi connectivity index (χ0n) is 6.43. The fourth-order valence-electron chi connectivity index (χ4n) is 0.714. The molecule has 0 atom stereocenters. The highest BCUT2D eigenvalue weighted by atomic mass is 16.2. The summed E-state index contributed by atoms with van der Waals surface area (Å²) in [4.78, 5) is 0. The molecule has 0 saturated heterocycles. The van der Waals surface area contributed by atoms with Crippen molar-refractivity contribution in [2.24, 2.45) is 0 Å². The van der Waals surface area contributed by atoms with E-state index in [9.17, 15) is 0 Å². The van der Waals surface area contributed by atoms with Crippen molar-refractivity contribution in [3.05, 3.63) is 30.0 Å². The Labute approximate surface area is 62.4 Å². The van der Waals surface area contributed by atoms with E-state index in [0.717, 1.165) is 12.8 Å². The van der Waals surface area contributed by atoms with Gasteiger partial charge in [-0.25, -0.2) is 0 Å². The molecule has 1 heteroatoms. The summed E-state index contributed by atoms with van der Waals surface area (Å²) in [5.41, 5.74) is 3.89. The van der Waals surface area contributed by atoms with Crippen molar-refractivity contribution < 1.29 is 5.11 Å². The number of hydrogen-bond donors (Lipinski definition) is 1. The van der Waals surface area contributed by atoms with Crippen LogP contribution in [0.15, 0.2) is 30.0 Å². The van der Waals surface area contributed by atoms with Gasteiger partial charge >= 0.3 is 0 Å². The van der Waals surface area contributed by atoms with Gasteiger partial charge in [0.1, 0.15) is 0 Å². The summed E-state index contributed by atoms with van der Waals surface area (Å²) in [6, 6.07) is 0. The number of allylic oxidation sites excluding steroid dienone is 3. The average Bonchev–Trinajstić information content (AvgIpc) is 1.98. The topological polar surface area (TPSA) is 20.2 Å². The molecule has 1 nitrogen and oxygen atoms in total. The van der Waals surface area contributed by atoms with E-state index in [-0.39, 0.29) is 6.61 Å². The first-order chi connectivity index (χ1) is 4.85. The lowest BCUT2D eigenvalue weighted by atomic mass is 10.1. The standard InChI is InChI=1S/C9H14O/c1-3-6-9(4-2)7-5-8-10/h4,6,10H,1,5,7-8H2,2H3. The molecule has 0 aromatic heterocycles. The van der Waals surface area contributed by atoms with E-state index < -0.39 is 0 Å². The molecule has 0 spiro atoms. The van der Waals surface area contributed by atoms with Gasteiger partial charge in [-0.05, 0) is 31.4 Å². The molecule has 0 aliphatic heterocycles. The quantitative estimate of drug-likeness (QED) is 0.465. The highest BCUT2D eigenvalue weighted by Gasteiger charge is 1.88. The fourth-order valence-corrected chi connectivity index (χ4v) is 0.714. The molecular formula is C9H14O. The summed E-state index contributed by atoms with van der Waals surface area (Å²) in [7, 11) is 0. The molecule has 0 amide bonds. The predicted molar refractivity (Wildman–Crippen MR) is 43.8 cm³/mol. The monoisotopic (exact) mass is 138 g/mol. The molecule has 0 aliphatic rings. The molecule has 0 aliphatic carbocycles. The lowest BCUT2D eigenvalue weighted by Crippen LogP contribution is -1.83. The van der Waals surface area contributed by atoms with Gasteiger partial charge in [0.05, 0.1) is 0 Å². The van der Waals surface area contributed by atoms with Crippen LogP contribution in [0.4, 0.5) is 0 Å². The maximum absolute atomic E-state index is 8.50. The van der Waals surface area contributed by atoms with Crippen LogP contribution in [0.5, 0.6) is 0 Å². The molecule has 0 unspecified atom stereocenters. The first kappa shape index (κ1) is 9.22. The molecule has 0 bridgehead atoms. The van der Waals surface area contributed by atoms with E-state index in [1.165, 1.54) is 5.57 Å². The summed E-state index contributed by atoms with van der Waals surface area (Å²) in [6.07, 6.45) is 5.58. The third-order valence-corrected chi connectivity index (χ3v) is 1.28. The van der Waals surface area contributed by atoms with Crippen LogP contribution in [-0.2, 0) is 0 Å². The van der Waals surface area contributed by atoms with Crippen molar-refractivity contribution in [2.45, 2.75) is 19.8 Å². The van der Waals surface area contributed by atoms with Gasteiger partial charge in [0.25, 0.3) is 0 Å². The van der Waals surface area contributed by atoms with Crippen molar-refractivity contribution in [2.75, 3.05) is 6.61 Å². The lowest BCUT2D eigenvalue weighted by Gasteiger charge is -1.95. The molecular weight excluding hydrogens is 124 g/mol. The normalized spacial score (nSPS) is 10.8. The summed E-state index contributed by atoms with van der Waals surface area (Å²) >= 11 is 0. The molecule has 1 N–H and O–H groups in total. The highest BCUT2D eigenvalue weighted by molar-refractivity contribution is 5.16. The van der Waals surface area contributed by atoms with Crippen molar-refractivity contribution in [1.29, 1.82) is 0 Å². The van der Waals surface area contributed by atoms with Gasteiger partial charge in [0, 0.05) is 6.61 Å². The Hall–Kier alpha value is -0.780. The Morgan fingerprint density at radius 3 is 2.80 bits per heavy atom. The van der Waals surface area contributed by atoms with Crippen LogP contribution in [0.1, 0.15) is 19.8 Å². The molecule has 0 heterocycles. The number of aliphatic hydroxyl groups excluding tert-OH is 1. The third kappa shape index (κ3) is 4.13. The average molecular weight is 138 g/mol. The highest BCUT2D eigenvalue weighted by Crippen LogP contribution is 2.04. The molecule has 10 heavy (non-hydrogen) atoms. The fraction of sp³-hybridized carbons (Fsp3) is 0.444. The zero-order chi connectivity index (χ0) is 7.82. The number of aliphatic hydroxyl groups is 1. The van der Waals surface area contributed by atoms with E-state index in [4.69, 9.17) is 5.11 Å². The van der Waals surface area contributed by atoms with Crippen molar-refractivity contribution >= 4 is 0 Å². The molecule has 0 radical (unpaired) electrons. The van der Waals surface area contributed by atoms with E-state index in [1.807, 2.05) is 19.1 Å². The Balaban J connectivity index is 3.73. The Bertz CT molecular complexity index is 150. The molecule has 0 aromatic rings. The second-order valence-electron chi connectivity index (χ2n) is 2.04. The van der Waals surface area contributed by atoms with Crippen LogP contribution < -0.4 is 0 Å². The summed E-state index contributed by atoms with van der Waals surface area (Å²) < 4.78 is 0. The molecule has 56 valence electrons. The maximum atomic E-state index is 8.50. The van der Waals surface area contributed by atoms with Gasteiger partial charge in [-0.2, -0.15) is 0 Å². The smallest absolute Gasteiger partial charge is 0.0434 e. The lowest BCUT2D eigenvalue weighted by molar-refractivity contribution is 0.289. The molecule has 0 fully saturated rings. The van der Waals surface area contributed by atoms with Gasteiger partial charge in [-0.3, -0.25) is 0 Å². The van der Waals surface area contributed by atoms with Gasteiger partial charge in [0.15, 0.2) is 0 Å². The SMILES string of the molecule is C=C=CC(=CC)CCCO. The maximum Gasteiger partial charge on any atom is 0.0434 e. The minimum absolute atomic E-state index is 0.252. The Morgan fingerprint density at radius 2 is 2.40 bits per heavy atom. The molecule has 0 saturated carbocycles. The van der Waals surface area contributed by atoms with Crippen LogP contribution in [0.3, 0.4) is 0 Å². The largest absolute Gasteiger partial charge is 0.396 e. The van der Waals surface area contributed by atoms with Gasteiger partial charge < -0.3 is 5.11 Å². The number of rotatable bonds is 4.